The highest BCUT2D eigenvalue weighted by molar-refractivity contribution is 6.14. The van der Waals surface area contributed by atoms with Crippen molar-refractivity contribution < 1.29 is 33.4 Å². The Hall–Kier alpha value is -2.97. The molecule has 0 saturated carbocycles. The normalized spacial score (nSPS) is 16.1. The zero-order chi connectivity index (χ0) is 28.4. The van der Waals surface area contributed by atoms with E-state index in [0.717, 1.165) is 66.5 Å². The van der Waals surface area contributed by atoms with Gasteiger partial charge in [0.15, 0.2) is 5.76 Å². The zero-order valence-electron chi connectivity index (χ0n) is 23.7. The average molecular weight is 542 g/mol. The van der Waals surface area contributed by atoms with Gasteiger partial charge in [-0.2, -0.15) is 0 Å². The van der Waals surface area contributed by atoms with Gasteiger partial charge in [-0.15, -0.1) is 0 Å². The molecule has 0 aliphatic carbocycles. The molecule has 39 heavy (non-hydrogen) atoms. The van der Waals surface area contributed by atoms with E-state index >= 15 is 0 Å². The topological polar surface area (TPSA) is 106 Å². The first-order valence-electron chi connectivity index (χ1n) is 14.2. The standard InChI is InChI=1S/C31H43NO7/c1-21(2)25-20-38-31(36)32(25)30(35)29(37-4)28(34)27-19-24(23-15-13-14-22(3)18-23)26(39-27)16-11-9-7-5-6-8-10-12-17-33/h13-15,18-19,21,25,29,33H,5-12,16-17,20H2,1-4H3/t25-,29+/m0/s1. The highest BCUT2D eigenvalue weighted by Crippen LogP contribution is 2.31. The number of methoxy groups -OCH3 is 1. The van der Waals surface area contributed by atoms with Crippen LogP contribution >= 0.6 is 0 Å². The van der Waals surface area contributed by atoms with Gasteiger partial charge in [-0.1, -0.05) is 82.2 Å². The number of furan rings is 1. The molecule has 0 spiro atoms. The summed E-state index contributed by atoms with van der Waals surface area (Å²) in [6, 6.07) is 9.23. The number of ketones is 1. The van der Waals surface area contributed by atoms with Crippen LogP contribution in [0.5, 0.6) is 0 Å². The van der Waals surface area contributed by atoms with Crippen LogP contribution in [0, 0.1) is 12.8 Å². The van der Waals surface area contributed by atoms with Crippen molar-refractivity contribution in [1.29, 1.82) is 0 Å². The third-order valence-electron chi connectivity index (χ3n) is 7.30. The molecule has 1 aliphatic rings. The van der Waals surface area contributed by atoms with Gasteiger partial charge >= 0.3 is 6.09 Å². The molecule has 2 amide bonds. The lowest BCUT2D eigenvalue weighted by Crippen LogP contribution is -2.49. The van der Waals surface area contributed by atoms with Crippen LogP contribution in [-0.2, 0) is 20.7 Å². The molecule has 8 heteroatoms. The number of carbonyl (C=O) groups excluding carboxylic acids is 3. The maximum Gasteiger partial charge on any atom is 0.417 e. The molecule has 8 nitrogen and oxygen atoms in total. The predicted molar refractivity (Wildman–Crippen MR) is 149 cm³/mol. The zero-order valence-corrected chi connectivity index (χ0v) is 23.7. The first-order chi connectivity index (χ1) is 18.8. The SMILES string of the molecule is CO[C@H](C(=O)c1cc(-c2cccc(C)c2)c(CCCCCCCCCCO)o1)C(=O)N1C(=O)OC[C@H]1C(C)C. The summed E-state index contributed by atoms with van der Waals surface area (Å²) in [5.74, 6) is -0.642. The van der Waals surface area contributed by atoms with Gasteiger partial charge in [-0.05, 0) is 37.3 Å². The number of imide groups is 1. The van der Waals surface area contributed by atoms with Crippen LogP contribution in [0.4, 0.5) is 4.79 Å². The third-order valence-corrected chi connectivity index (χ3v) is 7.30. The Balaban J connectivity index is 1.75. The maximum absolute atomic E-state index is 13.5. The molecule has 1 N–H and O–H groups in total. The highest BCUT2D eigenvalue weighted by Gasteiger charge is 2.45. The van der Waals surface area contributed by atoms with E-state index in [1.165, 1.54) is 13.5 Å². The molecule has 214 valence electrons. The monoisotopic (exact) mass is 541 g/mol. The smallest absolute Gasteiger partial charge is 0.417 e. The van der Waals surface area contributed by atoms with Gasteiger partial charge in [0.2, 0.25) is 11.9 Å². The predicted octanol–water partition coefficient (Wildman–Crippen LogP) is 6.11. The molecular formula is C31H43NO7. The van der Waals surface area contributed by atoms with Crippen molar-refractivity contribution in [3.8, 4) is 11.1 Å². The van der Waals surface area contributed by atoms with E-state index in [1.807, 2.05) is 45.0 Å². The first kappa shape index (κ1) is 30.6. The van der Waals surface area contributed by atoms with Crippen molar-refractivity contribution in [2.75, 3.05) is 20.3 Å². The van der Waals surface area contributed by atoms with Gasteiger partial charge in [0.05, 0.1) is 6.04 Å². The summed E-state index contributed by atoms with van der Waals surface area (Å²) in [7, 11) is 1.28. The van der Waals surface area contributed by atoms with Crippen LogP contribution < -0.4 is 0 Å². The van der Waals surface area contributed by atoms with Gasteiger partial charge in [0.1, 0.15) is 12.4 Å². The van der Waals surface area contributed by atoms with Crippen LogP contribution in [0.2, 0.25) is 0 Å². The van der Waals surface area contributed by atoms with E-state index in [1.54, 1.807) is 6.07 Å². The minimum absolute atomic E-state index is 0.0308. The molecule has 3 rings (SSSR count). The van der Waals surface area contributed by atoms with Crippen molar-refractivity contribution in [1.82, 2.24) is 4.90 Å². The molecule has 1 fully saturated rings. The van der Waals surface area contributed by atoms with E-state index in [0.29, 0.717) is 12.2 Å². The number of hydrogen-bond acceptors (Lipinski definition) is 7. The number of cyclic esters (lactones) is 1. The fraction of sp³-hybridized carbons (Fsp3) is 0.581. The van der Waals surface area contributed by atoms with Gasteiger partial charge < -0.3 is 19.0 Å². The first-order valence-corrected chi connectivity index (χ1v) is 14.2. The van der Waals surface area contributed by atoms with E-state index in [2.05, 4.69) is 0 Å². The Labute approximate surface area is 231 Å². The molecule has 1 aromatic carbocycles. The van der Waals surface area contributed by atoms with Gasteiger partial charge in [0.25, 0.3) is 5.91 Å². The molecule has 0 unspecified atom stereocenters. The maximum atomic E-state index is 13.5. The van der Waals surface area contributed by atoms with Crippen molar-refractivity contribution >= 4 is 17.8 Å². The summed E-state index contributed by atoms with van der Waals surface area (Å²) in [5.41, 5.74) is 2.86. The van der Waals surface area contributed by atoms with E-state index in [-0.39, 0.29) is 24.9 Å². The van der Waals surface area contributed by atoms with Crippen LogP contribution in [0.1, 0.15) is 87.1 Å². The number of carbonyl (C=O) groups is 3. The van der Waals surface area contributed by atoms with E-state index in [9.17, 15) is 14.4 Å². The van der Waals surface area contributed by atoms with Gasteiger partial charge in [-0.3, -0.25) is 9.59 Å². The number of hydrogen-bond donors (Lipinski definition) is 1. The number of ether oxygens (including phenoxy) is 2. The fourth-order valence-corrected chi connectivity index (χ4v) is 5.01. The Morgan fingerprint density at radius 3 is 2.33 bits per heavy atom. The summed E-state index contributed by atoms with van der Waals surface area (Å²) in [4.78, 5) is 40.1. The number of aryl methyl sites for hydroxylation is 2. The number of rotatable bonds is 16. The van der Waals surface area contributed by atoms with Crippen LogP contribution in [0.25, 0.3) is 11.1 Å². The quantitative estimate of drug-likeness (QED) is 0.155. The largest absolute Gasteiger partial charge is 0.457 e. The van der Waals surface area contributed by atoms with E-state index < -0.39 is 29.9 Å². The van der Waals surface area contributed by atoms with Crippen LogP contribution in [0.3, 0.4) is 0 Å². The Morgan fingerprint density at radius 1 is 1.05 bits per heavy atom. The summed E-state index contributed by atoms with van der Waals surface area (Å²) in [6.07, 6.45) is 6.90. The van der Waals surface area contributed by atoms with Crippen molar-refractivity contribution in [3.63, 3.8) is 0 Å². The lowest BCUT2D eigenvalue weighted by Gasteiger charge is -2.25. The lowest BCUT2D eigenvalue weighted by atomic mass is 10.00. The Bertz CT molecular complexity index is 1110. The summed E-state index contributed by atoms with van der Waals surface area (Å²) in [5, 5.41) is 8.89. The lowest BCUT2D eigenvalue weighted by molar-refractivity contribution is -0.137. The molecule has 1 aliphatic heterocycles. The fourth-order valence-electron chi connectivity index (χ4n) is 5.01. The van der Waals surface area contributed by atoms with Crippen LogP contribution in [-0.4, -0.2) is 60.3 Å². The summed E-state index contributed by atoms with van der Waals surface area (Å²) in [6.45, 7) is 6.15. The number of aliphatic hydroxyl groups is 1. The Morgan fingerprint density at radius 2 is 1.72 bits per heavy atom. The third kappa shape index (κ3) is 8.02. The molecular weight excluding hydrogens is 498 g/mol. The van der Waals surface area contributed by atoms with Crippen LogP contribution in [0.15, 0.2) is 34.7 Å². The van der Waals surface area contributed by atoms with Crippen molar-refractivity contribution in [2.45, 2.75) is 90.7 Å². The number of aliphatic hydroxyl groups excluding tert-OH is 1. The minimum atomic E-state index is -1.51. The number of nitrogens with zero attached hydrogens (tertiary/aromatic N) is 1. The number of amides is 2. The summed E-state index contributed by atoms with van der Waals surface area (Å²) >= 11 is 0. The molecule has 1 aromatic heterocycles. The van der Waals surface area contributed by atoms with Crippen molar-refractivity contribution in [2.24, 2.45) is 5.92 Å². The summed E-state index contributed by atoms with van der Waals surface area (Å²) < 4.78 is 16.5. The Kier molecular flexibility index (Phi) is 11.7. The molecule has 2 heterocycles. The van der Waals surface area contributed by atoms with Gasteiger partial charge in [0, 0.05) is 25.7 Å². The number of Topliss-reactive ketones (excluding diaryl/α,β-unsaturated/α-hetero) is 1. The number of benzene rings is 1. The molecule has 0 radical (unpaired) electrons. The second-order valence-corrected chi connectivity index (χ2v) is 10.7. The second kappa shape index (κ2) is 15.0. The minimum Gasteiger partial charge on any atom is -0.457 e. The van der Waals surface area contributed by atoms with Gasteiger partial charge in [-0.25, -0.2) is 9.69 Å². The average Bonchev–Trinajstić information content (AvgIpc) is 3.52. The highest BCUT2D eigenvalue weighted by atomic mass is 16.6. The number of unbranched alkanes of at least 4 members (excludes halogenated alkanes) is 7. The van der Waals surface area contributed by atoms with Crippen molar-refractivity contribution in [3.05, 3.63) is 47.4 Å². The molecule has 0 bridgehead atoms. The molecule has 2 aromatic rings. The molecule has 2 atom stereocenters. The molecule has 1 saturated heterocycles. The van der Waals surface area contributed by atoms with E-state index in [4.69, 9.17) is 19.0 Å². The second-order valence-electron chi connectivity index (χ2n) is 10.7.